The molecule has 0 bridgehead atoms. The van der Waals surface area contributed by atoms with Gasteiger partial charge in [0, 0.05) is 12.5 Å². The molecule has 0 radical (unpaired) electrons. The van der Waals surface area contributed by atoms with Gasteiger partial charge >= 0.3 is 0 Å². The number of hydrogen-bond donors (Lipinski definition) is 1. The van der Waals surface area contributed by atoms with E-state index in [1.54, 1.807) is 0 Å². The maximum absolute atomic E-state index is 5.60. The maximum atomic E-state index is 5.60. The second kappa shape index (κ2) is 4.21. The zero-order valence-corrected chi connectivity index (χ0v) is 7.58. The van der Waals surface area contributed by atoms with Crippen molar-refractivity contribution in [3.05, 3.63) is 11.7 Å². The molecule has 0 spiro atoms. The molecule has 0 aliphatic carbocycles. The first-order chi connectivity index (χ1) is 5.68. The van der Waals surface area contributed by atoms with Crippen molar-refractivity contribution in [2.75, 3.05) is 0 Å². The van der Waals surface area contributed by atoms with E-state index in [4.69, 9.17) is 10.3 Å². The Morgan fingerprint density at radius 3 is 2.83 bits per heavy atom. The van der Waals surface area contributed by atoms with Gasteiger partial charge in [-0.15, -0.1) is 0 Å². The van der Waals surface area contributed by atoms with Crippen molar-refractivity contribution in [1.29, 1.82) is 0 Å². The summed E-state index contributed by atoms with van der Waals surface area (Å²) in [6, 6.07) is 0.258. The van der Waals surface area contributed by atoms with Gasteiger partial charge in [-0.1, -0.05) is 5.16 Å². The van der Waals surface area contributed by atoms with E-state index >= 15 is 0 Å². The van der Waals surface area contributed by atoms with Crippen molar-refractivity contribution >= 4 is 0 Å². The third-order valence-electron chi connectivity index (χ3n) is 1.62. The summed E-state index contributed by atoms with van der Waals surface area (Å²) in [7, 11) is 0. The van der Waals surface area contributed by atoms with E-state index in [9.17, 15) is 0 Å². The maximum Gasteiger partial charge on any atom is 0.226 e. The highest BCUT2D eigenvalue weighted by atomic mass is 16.5. The summed E-state index contributed by atoms with van der Waals surface area (Å²) in [5.41, 5.74) is 5.60. The molecule has 0 aliphatic heterocycles. The van der Waals surface area contributed by atoms with Gasteiger partial charge in [0.05, 0.1) is 0 Å². The SMILES string of the molecule is Cc1noc(CCCC(C)N)n1. The van der Waals surface area contributed by atoms with Gasteiger partial charge < -0.3 is 10.3 Å². The molecule has 1 aromatic rings. The van der Waals surface area contributed by atoms with Crippen LogP contribution in [0, 0.1) is 6.92 Å². The molecule has 1 atom stereocenters. The Morgan fingerprint density at radius 1 is 1.58 bits per heavy atom. The smallest absolute Gasteiger partial charge is 0.226 e. The molecule has 1 heterocycles. The topological polar surface area (TPSA) is 64.9 Å². The lowest BCUT2D eigenvalue weighted by Crippen LogP contribution is -2.14. The number of aromatic nitrogens is 2. The molecule has 0 saturated heterocycles. The molecule has 4 heteroatoms. The van der Waals surface area contributed by atoms with Crippen molar-refractivity contribution in [3.63, 3.8) is 0 Å². The van der Waals surface area contributed by atoms with Gasteiger partial charge in [-0.2, -0.15) is 4.98 Å². The zero-order valence-electron chi connectivity index (χ0n) is 7.58. The first-order valence-corrected chi connectivity index (χ1v) is 4.23. The molecule has 0 saturated carbocycles. The van der Waals surface area contributed by atoms with Crippen molar-refractivity contribution < 1.29 is 4.52 Å². The van der Waals surface area contributed by atoms with E-state index < -0.39 is 0 Å². The monoisotopic (exact) mass is 169 g/mol. The normalized spacial score (nSPS) is 13.2. The first-order valence-electron chi connectivity index (χ1n) is 4.23. The van der Waals surface area contributed by atoms with Crippen LogP contribution in [0.15, 0.2) is 4.52 Å². The van der Waals surface area contributed by atoms with Crippen molar-refractivity contribution in [1.82, 2.24) is 10.1 Å². The van der Waals surface area contributed by atoms with Crippen LogP contribution in [-0.2, 0) is 6.42 Å². The van der Waals surface area contributed by atoms with Crippen LogP contribution in [0.5, 0.6) is 0 Å². The van der Waals surface area contributed by atoms with E-state index in [0.29, 0.717) is 11.7 Å². The average Bonchev–Trinajstić information content (AvgIpc) is 2.35. The lowest BCUT2D eigenvalue weighted by atomic mass is 10.1. The highest BCUT2D eigenvalue weighted by Gasteiger charge is 2.02. The van der Waals surface area contributed by atoms with E-state index in [1.165, 1.54) is 0 Å². The molecule has 0 amide bonds. The predicted octanol–water partition coefficient (Wildman–Crippen LogP) is 1.05. The Balaban J connectivity index is 2.24. The molecule has 1 aromatic heterocycles. The molecular formula is C8H15N3O. The Kier molecular flexibility index (Phi) is 3.22. The van der Waals surface area contributed by atoms with Gasteiger partial charge in [0.2, 0.25) is 5.89 Å². The summed E-state index contributed by atoms with van der Waals surface area (Å²) in [6.07, 6.45) is 2.85. The number of hydrogen-bond acceptors (Lipinski definition) is 4. The molecular weight excluding hydrogens is 154 g/mol. The van der Waals surface area contributed by atoms with E-state index in [2.05, 4.69) is 10.1 Å². The van der Waals surface area contributed by atoms with Crippen LogP contribution < -0.4 is 5.73 Å². The number of aryl methyl sites for hydroxylation is 2. The van der Waals surface area contributed by atoms with Crippen LogP contribution >= 0.6 is 0 Å². The molecule has 1 rings (SSSR count). The van der Waals surface area contributed by atoms with Crippen molar-refractivity contribution in [2.24, 2.45) is 5.73 Å². The number of nitrogens with zero attached hydrogens (tertiary/aromatic N) is 2. The summed E-state index contributed by atoms with van der Waals surface area (Å²) in [4.78, 5) is 4.09. The fourth-order valence-corrected chi connectivity index (χ4v) is 1.02. The third-order valence-corrected chi connectivity index (χ3v) is 1.62. The largest absolute Gasteiger partial charge is 0.339 e. The average molecular weight is 169 g/mol. The van der Waals surface area contributed by atoms with E-state index in [1.807, 2.05) is 13.8 Å². The minimum absolute atomic E-state index is 0.258. The first kappa shape index (κ1) is 9.19. The Morgan fingerprint density at radius 2 is 2.33 bits per heavy atom. The standard InChI is InChI=1S/C8H15N3O/c1-6(9)4-3-5-8-10-7(2)11-12-8/h6H,3-5,9H2,1-2H3. The van der Waals surface area contributed by atoms with Crippen LogP contribution in [-0.4, -0.2) is 16.2 Å². The van der Waals surface area contributed by atoms with Crippen molar-refractivity contribution in [2.45, 2.75) is 39.2 Å². The fourth-order valence-electron chi connectivity index (χ4n) is 1.02. The minimum Gasteiger partial charge on any atom is -0.339 e. The highest BCUT2D eigenvalue weighted by molar-refractivity contribution is 4.82. The highest BCUT2D eigenvalue weighted by Crippen LogP contribution is 2.03. The molecule has 0 aliphatic rings. The third kappa shape index (κ3) is 3.00. The van der Waals surface area contributed by atoms with Gasteiger partial charge in [-0.3, -0.25) is 0 Å². The van der Waals surface area contributed by atoms with Gasteiger partial charge in [-0.25, -0.2) is 0 Å². The van der Waals surface area contributed by atoms with E-state index in [0.717, 1.165) is 19.3 Å². The molecule has 4 nitrogen and oxygen atoms in total. The minimum atomic E-state index is 0.258. The van der Waals surface area contributed by atoms with E-state index in [-0.39, 0.29) is 6.04 Å². The molecule has 12 heavy (non-hydrogen) atoms. The quantitative estimate of drug-likeness (QED) is 0.731. The van der Waals surface area contributed by atoms with Crippen LogP contribution in [0.1, 0.15) is 31.5 Å². The Labute approximate surface area is 72.1 Å². The second-order valence-corrected chi connectivity index (χ2v) is 3.10. The predicted molar refractivity (Wildman–Crippen MR) is 45.6 cm³/mol. The molecule has 0 aromatic carbocycles. The van der Waals surface area contributed by atoms with Crippen LogP contribution in [0.4, 0.5) is 0 Å². The Bertz CT molecular complexity index is 232. The van der Waals surface area contributed by atoms with Crippen LogP contribution in [0.25, 0.3) is 0 Å². The van der Waals surface area contributed by atoms with Crippen molar-refractivity contribution in [3.8, 4) is 0 Å². The molecule has 1 unspecified atom stereocenters. The lowest BCUT2D eigenvalue weighted by molar-refractivity contribution is 0.369. The second-order valence-electron chi connectivity index (χ2n) is 3.10. The Hall–Kier alpha value is -0.900. The fraction of sp³-hybridized carbons (Fsp3) is 0.750. The summed E-state index contributed by atoms with van der Waals surface area (Å²) in [5, 5.41) is 3.70. The summed E-state index contributed by atoms with van der Waals surface area (Å²) in [6.45, 7) is 3.82. The summed E-state index contributed by atoms with van der Waals surface area (Å²) in [5.74, 6) is 1.42. The molecule has 0 fully saturated rings. The van der Waals surface area contributed by atoms with Crippen LogP contribution in [0.2, 0.25) is 0 Å². The van der Waals surface area contributed by atoms with Gasteiger partial charge in [0.1, 0.15) is 0 Å². The summed E-state index contributed by atoms with van der Waals surface area (Å²) >= 11 is 0. The number of nitrogens with two attached hydrogens (primary N) is 1. The number of rotatable bonds is 4. The van der Waals surface area contributed by atoms with Gasteiger partial charge in [0.25, 0.3) is 0 Å². The lowest BCUT2D eigenvalue weighted by Gasteiger charge is -2.00. The molecule has 2 N–H and O–H groups in total. The van der Waals surface area contributed by atoms with Gasteiger partial charge in [-0.05, 0) is 26.7 Å². The van der Waals surface area contributed by atoms with Gasteiger partial charge in [0.15, 0.2) is 5.82 Å². The summed E-state index contributed by atoms with van der Waals surface area (Å²) < 4.78 is 4.94. The van der Waals surface area contributed by atoms with Crippen LogP contribution in [0.3, 0.4) is 0 Å². The zero-order chi connectivity index (χ0) is 8.97. The molecule has 68 valence electrons.